The zero-order valence-corrected chi connectivity index (χ0v) is 7.86. The quantitative estimate of drug-likeness (QED) is 0.426. The summed E-state index contributed by atoms with van der Waals surface area (Å²) in [4.78, 5) is 0. The monoisotopic (exact) mass is 147 g/mol. The first-order valence-electron chi connectivity index (χ1n) is 3.61. The third kappa shape index (κ3) is 8.14. The van der Waals surface area contributed by atoms with E-state index in [1.165, 1.54) is 12.5 Å². The van der Waals surface area contributed by atoms with Crippen molar-refractivity contribution in [3.05, 3.63) is 0 Å². The molecule has 0 fully saturated rings. The molecule has 9 heavy (non-hydrogen) atoms. The van der Waals surface area contributed by atoms with Crippen LogP contribution in [0.15, 0.2) is 0 Å². The van der Waals surface area contributed by atoms with E-state index in [-0.39, 0.29) is 9.76 Å². The highest BCUT2D eigenvalue weighted by Gasteiger charge is 1.85. The van der Waals surface area contributed by atoms with Crippen LogP contribution in [0.4, 0.5) is 0 Å². The molecule has 0 saturated carbocycles. The van der Waals surface area contributed by atoms with E-state index in [0.717, 1.165) is 13.1 Å². The maximum absolute atomic E-state index is 5.03. The second kappa shape index (κ2) is 8.14. The van der Waals surface area contributed by atoms with Crippen molar-refractivity contribution in [2.75, 3.05) is 20.2 Å². The van der Waals surface area contributed by atoms with Crippen LogP contribution >= 0.6 is 0 Å². The fourth-order valence-electron chi connectivity index (χ4n) is 0.673. The van der Waals surface area contributed by atoms with Gasteiger partial charge in [-0.05, 0) is 25.6 Å². The summed E-state index contributed by atoms with van der Waals surface area (Å²) in [6.45, 7) is 4.38. The molecule has 0 unspecified atom stereocenters. The summed E-state index contributed by atoms with van der Waals surface area (Å²) < 4.78 is 5.03. The van der Waals surface area contributed by atoms with E-state index < -0.39 is 0 Å². The Labute approximate surface area is 59.9 Å². The molecule has 0 spiro atoms. The Morgan fingerprint density at radius 3 is 2.89 bits per heavy atom. The normalized spacial score (nSPS) is 11.3. The van der Waals surface area contributed by atoms with Crippen LogP contribution in [0.3, 0.4) is 0 Å². The smallest absolute Gasteiger partial charge is 0.161 e. The van der Waals surface area contributed by atoms with Crippen molar-refractivity contribution in [2.45, 2.75) is 19.4 Å². The lowest BCUT2D eigenvalue weighted by atomic mass is 10.5. The van der Waals surface area contributed by atoms with Crippen LogP contribution in [-0.2, 0) is 4.43 Å². The van der Waals surface area contributed by atoms with E-state index in [2.05, 4.69) is 12.2 Å². The van der Waals surface area contributed by atoms with Crippen LogP contribution in [0.25, 0.3) is 0 Å². The zero-order valence-electron chi connectivity index (χ0n) is 6.44. The van der Waals surface area contributed by atoms with Gasteiger partial charge in [0.1, 0.15) is 0 Å². The molecule has 0 aromatic rings. The van der Waals surface area contributed by atoms with E-state index in [0.29, 0.717) is 0 Å². The Balaban J connectivity index is 2.60. The van der Waals surface area contributed by atoms with Gasteiger partial charge in [-0.1, -0.05) is 6.92 Å². The van der Waals surface area contributed by atoms with Crippen LogP contribution in [0, 0.1) is 0 Å². The molecule has 0 amide bonds. The van der Waals surface area contributed by atoms with Gasteiger partial charge in [-0.2, -0.15) is 0 Å². The first-order chi connectivity index (χ1) is 4.41. The average Bonchev–Trinajstić information content (AvgIpc) is 1.89. The highest BCUT2D eigenvalue weighted by Crippen LogP contribution is 1.84. The van der Waals surface area contributed by atoms with Crippen LogP contribution in [0.1, 0.15) is 13.3 Å². The maximum atomic E-state index is 5.03. The highest BCUT2D eigenvalue weighted by molar-refractivity contribution is 6.26. The molecular weight excluding hydrogens is 130 g/mol. The zero-order chi connectivity index (χ0) is 6.95. The number of rotatable bonds is 6. The standard InChI is InChI=1S/C6H17NOSi/c1-3-7-5-4-6-9-8-2/h7H,3-6,9H2,1-2H3. The van der Waals surface area contributed by atoms with Crippen LogP contribution < -0.4 is 5.32 Å². The van der Waals surface area contributed by atoms with E-state index in [1.54, 1.807) is 7.11 Å². The van der Waals surface area contributed by atoms with Crippen LogP contribution in [0.2, 0.25) is 6.04 Å². The molecule has 1 N–H and O–H groups in total. The summed E-state index contributed by atoms with van der Waals surface area (Å²) in [6, 6.07) is 1.31. The largest absolute Gasteiger partial charge is 0.427 e. The topological polar surface area (TPSA) is 21.3 Å². The molecule has 0 radical (unpaired) electrons. The molecule has 3 heteroatoms. The summed E-state index contributed by atoms with van der Waals surface area (Å²) in [7, 11) is 1.66. The van der Waals surface area contributed by atoms with Crippen molar-refractivity contribution in [1.29, 1.82) is 0 Å². The fourth-order valence-corrected chi connectivity index (χ4v) is 1.42. The van der Waals surface area contributed by atoms with Crippen LogP contribution in [0.5, 0.6) is 0 Å². The average molecular weight is 147 g/mol. The molecule has 0 aliphatic rings. The third-order valence-corrected chi connectivity index (χ3v) is 2.40. The summed E-state index contributed by atoms with van der Waals surface area (Å²) in [6.07, 6.45) is 1.29. The number of hydrogen-bond acceptors (Lipinski definition) is 2. The van der Waals surface area contributed by atoms with E-state index in [1.807, 2.05) is 0 Å². The Hall–Kier alpha value is 0.137. The lowest BCUT2D eigenvalue weighted by Gasteiger charge is -1.98. The SMILES string of the molecule is CCNCCC[SiH2]OC. The Kier molecular flexibility index (Phi) is 8.26. The first-order valence-corrected chi connectivity index (χ1v) is 5.19. The molecule has 2 nitrogen and oxygen atoms in total. The second-order valence-corrected chi connectivity index (χ2v) is 3.75. The van der Waals surface area contributed by atoms with Crippen LogP contribution in [-0.4, -0.2) is 30.0 Å². The molecule has 0 aromatic heterocycles. The molecule has 0 heterocycles. The van der Waals surface area contributed by atoms with Gasteiger partial charge in [0.25, 0.3) is 0 Å². The molecule has 0 bridgehead atoms. The van der Waals surface area contributed by atoms with Gasteiger partial charge in [0.2, 0.25) is 0 Å². The van der Waals surface area contributed by atoms with Crippen molar-refractivity contribution in [1.82, 2.24) is 5.32 Å². The molecule has 0 rings (SSSR count). The van der Waals surface area contributed by atoms with Crippen molar-refractivity contribution in [2.24, 2.45) is 0 Å². The third-order valence-electron chi connectivity index (χ3n) is 1.20. The lowest BCUT2D eigenvalue weighted by molar-refractivity contribution is 0.439. The second-order valence-electron chi connectivity index (χ2n) is 2.05. The Morgan fingerprint density at radius 1 is 1.56 bits per heavy atom. The van der Waals surface area contributed by atoms with Gasteiger partial charge < -0.3 is 9.74 Å². The number of nitrogens with one attached hydrogen (secondary N) is 1. The Bertz CT molecular complexity index is 46.3. The maximum Gasteiger partial charge on any atom is 0.161 e. The molecular formula is C6H17NOSi. The minimum atomic E-state index is -0.146. The van der Waals surface area contributed by atoms with Gasteiger partial charge in [0.15, 0.2) is 9.76 Å². The first kappa shape index (κ1) is 9.14. The van der Waals surface area contributed by atoms with Gasteiger partial charge in [-0.3, -0.25) is 0 Å². The van der Waals surface area contributed by atoms with Gasteiger partial charge >= 0.3 is 0 Å². The molecule has 0 saturated heterocycles. The van der Waals surface area contributed by atoms with Crippen molar-refractivity contribution in [3.8, 4) is 0 Å². The molecule has 0 aliphatic heterocycles. The number of hydrogen-bond donors (Lipinski definition) is 1. The van der Waals surface area contributed by atoms with Crippen molar-refractivity contribution < 1.29 is 4.43 Å². The van der Waals surface area contributed by atoms with E-state index >= 15 is 0 Å². The van der Waals surface area contributed by atoms with E-state index in [9.17, 15) is 0 Å². The summed E-state index contributed by atoms with van der Waals surface area (Å²) in [5.74, 6) is 0. The van der Waals surface area contributed by atoms with E-state index in [4.69, 9.17) is 4.43 Å². The predicted octanol–water partition coefficient (Wildman–Crippen LogP) is 0.135. The molecule has 0 aliphatic carbocycles. The summed E-state index contributed by atoms with van der Waals surface area (Å²) in [5, 5.41) is 3.27. The minimum absolute atomic E-state index is 0.146. The highest BCUT2D eigenvalue weighted by atomic mass is 28.2. The summed E-state index contributed by atoms with van der Waals surface area (Å²) >= 11 is 0. The van der Waals surface area contributed by atoms with Gasteiger partial charge in [-0.15, -0.1) is 0 Å². The fraction of sp³-hybridized carbons (Fsp3) is 1.00. The van der Waals surface area contributed by atoms with Gasteiger partial charge in [0, 0.05) is 7.11 Å². The molecule has 0 aromatic carbocycles. The van der Waals surface area contributed by atoms with Gasteiger partial charge in [0.05, 0.1) is 0 Å². The van der Waals surface area contributed by atoms with Gasteiger partial charge in [-0.25, -0.2) is 0 Å². The minimum Gasteiger partial charge on any atom is -0.427 e. The molecule has 56 valence electrons. The predicted molar refractivity (Wildman–Crippen MR) is 43.5 cm³/mol. The van der Waals surface area contributed by atoms with Crippen molar-refractivity contribution in [3.63, 3.8) is 0 Å². The van der Waals surface area contributed by atoms with Crippen molar-refractivity contribution >= 4 is 9.76 Å². The summed E-state index contributed by atoms with van der Waals surface area (Å²) in [5.41, 5.74) is 0. The lowest BCUT2D eigenvalue weighted by Crippen LogP contribution is -2.14. The Morgan fingerprint density at radius 2 is 2.33 bits per heavy atom. The molecule has 0 atom stereocenters.